The topological polar surface area (TPSA) is 72.2 Å². The fourth-order valence-electron chi connectivity index (χ4n) is 3.42. The second kappa shape index (κ2) is 8.82. The van der Waals surface area contributed by atoms with Gasteiger partial charge in [0.2, 0.25) is 5.75 Å². The molecule has 0 N–H and O–H groups in total. The molecule has 0 bridgehead atoms. The Morgan fingerprint density at radius 3 is 2.50 bits per heavy atom. The summed E-state index contributed by atoms with van der Waals surface area (Å²) in [7, 11) is 4.69. The van der Waals surface area contributed by atoms with Crippen LogP contribution in [0.25, 0.3) is 17.0 Å². The number of hydrogen-bond acceptors (Lipinski definition) is 7. The quantitative estimate of drug-likeness (QED) is 0.621. The first-order chi connectivity index (χ1) is 14.7. The second-order valence-electron chi connectivity index (χ2n) is 6.76. The number of allylic oxidation sites excluding steroid dienone is 4. The summed E-state index contributed by atoms with van der Waals surface area (Å²) in [5, 5.41) is 4.17. The molecule has 7 heteroatoms. The molecule has 0 amide bonds. The SMILES string of the molecule is COc1cc(-c2nocc2C2=COC=C(CC3=CC=CCC3)O2)cc(OC)c1OC. The molecule has 0 unspecified atom stereocenters. The van der Waals surface area contributed by atoms with E-state index < -0.39 is 0 Å². The van der Waals surface area contributed by atoms with Crippen molar-refractivity contribution in [3.8, 4) is 28.5 Å². The number of nitrogens with zero attached hydrogens (tertiary/aromatic N) is 1. The molecule has 1 aliphatic carbocycles. The smallest absolute Gasteiger partial charge is 0.203 e. The average Bonchev–Trinajstić information content (AvgIpc) is 3.29. The van der Waals surface area contributed by atoms with E-state index in [1.165, 1.54) is 18.1 Å². The third kappa shape index (κ3) is 3.91. The summed E-state index contributed by atoms with van der Waals surface area (Å²) in [6.07, 6.45) is 13.8. The molecule has 156 valence electrons. The van der Waals surface area contributed by atoms with E-state index in [0.29, 0.717) is 40.7 Å². The highest BCUT2D eigenvalue weighted by atomic mass is 16.5. The van der Waals surface area contributed by atoms with Gasteiger partial charge in [-0.05, 0) is 25.0 Å². The lowest BCUT2D eigenvalue weighted by Gasteiger charge is -2.18. The van der Waals surface area contributed by atoms with Crippen molar-refractivity contribution < 1.29 is 28.2 Å². The highest BCUT2D eigenvalue weighted by Crippen LogP contribution is 2.42. The molecule has 0 saturated carbocycles. The third-order valence-corrected chi connectivity index (χ3v) is 4.89. The maximum absolute atomic E-state index is 6.10. The predicted molar refractivity (Wildman–Crippen MR) is 111 cm³/mol. The molecule has 30 heavy (non-hydrogen) atoms. The highest BCUT2D eigenvalue weighted by molar-refractivity contribution is 5.78. The Morgan fingerprint density at radius 2 is 1.83 bits per heavy atom. The van der Waals surface area contributed by atoms with E-state index in [1.54, 1.807) is 27.6 Å². The van der Waals surface area contributed by atoms with Gasteiger partial charge in [0.25, 0.3) is 0 Å². The van der Waals surface area contributed by atoms with Gasteiger partial charge in [0.05, 0.1) is 26.9 Å². The number of rotatable bonds is 7. The Kier molecular flexibility index (Phi) is 5.79. The van der Waals surface area contributed by atoms with Crippen LogP contribution in [0, 0.1) is 0 Å². The number of methoxy groups -OCH3 is 3. The third-order valence-electron chi connectivity index (χ3n) is 4.89. The van der Waals surface area contributed by atoms with Gasteiger partial charge in [-0.25, -0.2) is 0 Å². The molecule has 1 aromatic carbocycles. The summed E-state index contributed by atoms with van der Waals surface area (Å²) in [5.74, 6) is 2.79. The zero-order valence-electron chi connectivity index (χ0n) is 17.1. The maximum Gasteiger partial charge on any atom is 0.203 e. The van der Waals surface area contributed by atoms with Gasteiger partial charge in [0.15, 0.2) is 17.3 Å². The van der Waals surface area contributed by atoms with Crippen LogP contribution >= 0.6 is 0 Å². The zero-order chi connectivity index (χ0) is 20.9. The van der Waals surface area contributed by atoms with Crippen LogP contribution in [-0.2, 0) is 9.47 Å². The van der Waals surface area contributed by atoms with Gasteiger partial charge < -0.3 is 28.2 Å². The van der Waals surface area contributed by atoms with E-state index in [1.807, 2.05) is 12.1 Å². The molecule has 0 fully saturated rings. The number of hydrogen-bond donors (Lipinski definition) is 0. The van der Waals surface area contributed by atoms with Crippen LogP contribution in [0.5, 0.6) is 17.2 Å². The minimum absolute atomic E-state index is 0.505. The van der Waals surface area contributed by atoms with Crippen molar-refractivity contribution >= 4 is 5.76 Å². The predicted octanol–water partition coefficient (Wildman–Crippen LogP) is 5.22. The summed E-state index contributed by atoms with van der Waals surface area (Å²) < 4.78 is 33.2. The Bertz CT molecular complexity index is 1020. The molecular formula is C23H23NO6. The average molecular weight is 409 g/mol. The van der Waals surface area contributed by atoms with Crippen LogP contribution in [0.4, 0.5) is 0 Å². The van der Waals surface area contributed by atoms with Crippen molar-refractivity contribution in [2.45, 2.75) is 19.3 Å². The van der Waals surface area contributed by atoms with Crippen molar-refractivity contribution in [3.05, 3.63) is 66.0 Å². The lowest BCUT2D eigenvalue weighted by Crippen LogP contribution is -2.02. The van der Waals surface area contributed by atoms with Crippen molar-refractivity contribution in [1.82, 2.24) is 5.16 Å². The van der Waals surface area contributed by atoms with Gasteiger partial charge in [-0.2, -0.15) is 0 Å². The summed E-state index contributed by atoms with van der Waals surface area (Å²) in [6, 6.07) is 3.62. The maximum atomic E-state index is 6.10. The molecule has 1 aromatic heterocycles. The number of aromatic nitrogens is 1. The Balaban J connectivity index is 1.62. The van der Waals surface area contributed by atoms with Crippen LogP contribution in [0.15, 0.2) is 65.0 Å². The fourth-order valence-corrected chi connectivity index (χ4v) is 3.42. The molecule has 7 nitrogen and oxygen atoms in total. The van der Waals surface area contributed by atoms with E-state index >= 15 is 0 Å². The van der Waals surface area contributed by atoms with E-state index in [0.717, 1.165) is 24.2 Å². The highest BCUT2D eigenvalue weighted by Gasteiger charge is 2.23. The lowest BCUT2D eigenvalue weighted by molar-refractivity contribution is 0.273. The first-order valence-electron chi connectivity index (χ1n) is 9.55. The molecule has 0 radical (unpaired) electrons. The molecular weight excluding hydrogens is 386 g/mol. The second-order valence-corrected chi connectivity index (χ2v) is 6.76. The van der Waals surface area contributed by atoms with Crippen LogP contribution in [0.3, 0.4) is 0 Å². The van der Waals surface area contributed by atoms with Gasteiger partial charge in [0.1, 0.15) is 30.2 Å². The van der Waals surface area contributed by atoms with Crippen LogP contribution in [0.1, 0.15) is 24.8 Å². The number of ether oxygens (including phenoxy) is 5. The van der Waals surface area contributed by atoms with Crippen LogP contribution in [0.2, 0.25) is 0 Å². The Morgan fingerprint density at radius 1 is 1.03 bits per heavy atom. The summed E-state index contributed by atoms with van der Waals surface area (Å²) in [4.78, 5) is 0. The molecule has 1 aliphatic heterocycles. The normalized spacial score (nSPS) is 15.4. The van der Waals surface area contributed by atoms with E-state index in [4.69, 9.17) is 28.2 Å². The lowest BCUT2D eigenvalue weighted by atomic mass is 10.0. The standard InChI is InChI=1S/C23H23NO6/c1-25-19-10-16(11-20(26-2)23(19)27-3)22-18(13-29-24-22)21-14-28-12-17(30-21)9-15-7-5-4-6-8-15/h4-5,7,10-14H,6,8-9H2,1-3H3. The van der Waals surface area contributed by atoms with Crippen LogP contribution < -0.4 is 14.2 Å². The number of benzene rings is 1. The summed E-state index contributed by atoms with van der Waals surface area (Å²) in [6.45, 7) is 0. The zero-order valence-corrected chi connectivity index (χ0v) is 17.1. The first-order valence-corrected chi connectivity index (χ1v) is 9.55. The van der Waals surface area contributed by atoms with Gasteiger partial charge in [-0.1, -0.05) is 29.0 Å². The summed E-state index contributed by atoms with van der Waals surface area (Å²) in [5.41, 5.74) is 3.26. The monoisotopic (exact) mass is 409 g/mol. The van der Waals surface area contributed by atoms with Crippen molar-refractivity contribution in [2.24, 2.45) is 0 Å². The fraction of sp³-hybridized carbons (Fsp3) is 0.261. The van der Waals surface area contributed by atoms with Gasteiger partial charge >= 0.3 is 0 Å². The molecule has 0 spiro atoms. The molecule has 0 saturated heterocycles. The van der Waals surface area contributed by atoms with E-state index in [-0.39, 0.29) is 0 Å². The van der Waals surface area contributed by atoms with Crippen molar-refractivity contribution in [2.75, 3.05) is 21.3 Å². The minimum Gasteiger partial charge on any atom is -0.493 e. The van der Waals surface area contributed by atoms with Gasteiger partial charge in [-0.3, -0.25) is 0 Å². The Labute approximate surface area is 174 Å². The molecule has 4 rings (SSSR count). The molecule has 0 atom stereocenters. The van der Waals surface area contributed by atoms with Crippen LogP contribution in [-0.4, -0.2) is 26.5 Å². The molecule has 2 aromatic rings. The van der Waals surface area contributed by atoms with E-state index in [9.17, 15) is 0 Å². The first kappa shape index (κ1) is 19.7. The molecule has 2 heterocycles. The van der Waals surface area contributed by atoms with Crippen molar-refractivity contribution in [3.63, 3.8) is 0 Å². The van der Waals surface area contributed by atoms with Gasteiger partial charge in [-0.15, -0.1) is 0 Å². The summed E-state index contributed by atoms with van der Waals surface area (Å²) >= 11 is 0. The van der Waals surface area contributed by atoms with Gasteiger partial charge in [0, 0.05) is 12.0 Å². The minimum atomic E-state index is 0.505. The largest absolute Gasteiger partial charge is 0.493 e. The molecule has 2 aliphatic rings. The van der Waals surface area contributed by atoms with Crippen molar-refractivity contribution in [1.29, 1.82) is 0 Å². The Hall–Kier alpha value is -3.61. The van der Waals surface area contributed by atoms with E-state index in [2.05, 4.69) is 23.4 Å².